The highest BCUT2D eigenvalue weighted by Crippen LogP contribution is 1.73. The lowest BCUT2D eigenvalue weighted by molar-refractivity contribution is -0.0353. The molecule has 0 aromatic carbocycles. The van der Waals surface area contributed by atoms with Gasteiger partial charge in [-0.2, -0.15) is 0 Å². The molecule has 0 spiro atoms. The average Bonchev–Trinajstić information content (AvgIpc) is 1.61. The van der Waals surface area contributed by atoms with E-state index < -0.39 is 6.79 Å². The lowest BCUT2D eigenvalue weighted by Gasteiger charge is -1.88. The van der Waals surface area contributed by atoms with Crippen molar-refractivity contribution in [2.45, 2.75) is 6.92 Å². The van der Waals surface area contributed by atoms with Crippen LogP contribution in [0.4, 0.5) is 0 Å². The molecular formula is C4H8O2. The minimum atomic E-state index is -0.426. The zero-order valence-electron chi connectivity index (χ0n) is 3.81. The van der Waals surface area contributed by atoms with Gasteiger partial charge in [0.05, 0.1) is 6.61 Å². The fraction of sp³-hybridized carbons (Fsp3) is 0.750. The second-order valence-corrected chi connectivity index (χ2v) is 0.897. The Labute approximate surface area is 37.7 Å². The molecule has 2 radical (unpaired) electrons. The van der Waals surface area contributed by atoms with E-state index in [2.05, 4.69) is 4.74 Å². The molecule has 36 valence electrons. The van der Waals surface area contributed by atoms with Gasteiger partial charge in [0.25, 0.3) is 0 Å². The van der Waals surface area contributed by atoms with Crippen LogP contribution in [0.1, 0.15) is 6.92 Å². The second-order valence-electron chi connectivity index (χ2n) is 0.897. The molecule has 0 saturated carbocycles. The minimum absolute atomic E-state index is 0.426. The topological polar surface area (TPSA) is 29.1 Å². The van der Waals surface area contributed by atoms with E-state index in [0.29, 0.717) is 6.61 Å². The zero-order valence-corrected chi connectivity index (χ0v) is 3.81. The summed E-state index contributed by atoms with van der Waals surface area (Å²) in [5, 5.41) is 9.45. The Kier molecular flexibility index (Phi) is 4.85. The lowest BCUT2D eigenvalue weighted by Crippen LogP contribution is -1.91. The highest BCUT2D eigenvalue weighted by atomic mass is 16.6. The molecule has 0 bridgehead atoms. The van der Waals surface area contributed by atoms with Crippen molar-refractivity contribution >= 4 is 0 Å². The Morgan fingerprint density at radius 1 is 1.83 bits per heavy atom. The maximum Gasteiger partial charge on any atom is 0.180 e. The van der Waals surface area contributed by atoms with Crippen LogP contribution in [-0.4, -0.2) is 13.4 Å². The van der Waals surface area contributed by atoms with Crippen LogP contribution in [0.25, 0.3) is 0 Å². The predicted molar refractivity (Wildman–Crippen MR) is 21.5 cm³/mol. The second kappa shape index (κ2) is 4.92. The summed E-state index contributed by atoms with van der Waals surface area (Å²) in [6.45, 7) is 1.89. The van der Waals surface area contributed by atoms with E-state index in [1.165, 1.54) is 0 Å². The molecule has 0 unspecified atom stereocenters. The summed E-state index contributed by atoms with van der Waals surface area (Å²) in [6, 6.07) is 0. The van der Waals surface area contributed by atoms with Crippen molar-refractivity contribution in [1.82, 2.24) is 0 Å². The third-order valence-corrected chi connectivity index (χ3v) is 0.368. The van der Waals surface area contributed by atoms with Gasteiger partial charge in [0.1, 0.15) is 0 Å². The lowest BCUT2D eigenvalue weighted by atomic mass is 10.5. The van der Waals surface area contributed by atoms with Gasteiger partial charge in [-0.05, 0) is 6.42 Å². The third kappa shape index (κ3) is 3.92. The SMILES string of the molecule is C[CH]COC[O]. The predicted octanol–water partition coefficient (Wildman–Crippen LogP) is 0.615. The smallest absolute Gasteiger partial charge is 0.180 e. The maximum atomic E-state index is 9.45. The van der Waals surface area contributed by atoms with Crippen LogP contribution in [0.5, 0.6) is 0 Å². The Morgan fingerprint density at radius 3 is 2.67 bits per heavy atom. The number of rotatable bonds is 3. The van der Waals surface area contributed by atoms with Crippen molar-refractivity contribution in [1.29, 1.82) is 0 Å². The van der Waals surface area contributed by atoms with Crippen molar-refractivity contribution in [2.75, 3.05) is 13.4 Å². The van der Waals surface area contributed by atoms with Crippen LogP contribution in [-0.2, 0) is 9.84 Å². The molecule has 0 aliphatic heterocycles. The fourth-order valence-electron chi connectivity index (χ4n) is 0.166. The summed E-state index contributed by atoms with van der Waals surface area (Å²) in [6.07, 6.45) is 1.79. The first-order valence-electron chi connectivity index (χ1n) is 1.85. The van der Waals surface area contributed by atoms with E-state index in [9.17, 15) is 5.11 Å². The van der Waals surface area contributed by atoms with Gasteiger partial charge in [0, 0.05) is 0 Å². The first kappa shape index (κ1) is 5.92. The summed E-state index contributed by atoms with van der Waals surface area (Å²) in [5.41, 5.74) is 0. The molecular weight excluding hydrogens is 80.0 g/mol. The third-order valence-electron chi connectivity index (χ3n) is 0.368. The fourth-order valence-corrected chi connectivity index (χ4v) is 0.166. The normalized spacial score (nSPS) is 9.00. The van der Waals surface area contributed by atoms with Gasteiger partial charge in [0.15, 0.2) is 6.79 Å². The van der Waals surface area contributed by atoms with Gasteiger partial charge in [-0.3, -0.25) is 0 Å². The van der Waals surface area contributed by atoms with E-state index in [0.717, 1.165) is 0 Å². The van der Waals surface area contributed by atoms with Crippen LogP contribution in [0.15, 0.2) is 0 Å². The molecule has 2 heteroatoms. The summed E-state index contributed by atoms with van der Waals surface area (Å²) in [5.74, 6) is 0. The van der Waals surface area contributed by atoms with Crippen LogP contribution in [0.2, 0.25) is 0 Å². The molecule has 0 aliphatic rings. The Hall–Kier alpha value is -0.0800. The van der Waals surface area contributed by atoms with Crippen molar-refractivity contribution in [3.8, 4) is 0 Å². The van der Waals surface area contributed by atoms with Crippen LogP contribution in [0, 0.1) is 6.42 Å². The van der Waals surface area contributed by atoms with Crippen LogP contribution < -0.4 is 0 Å². The van der Waals surface area contributed by atoms with Crippen molar-refractivity contribution in [3.05, 3.63) is 6.42 Å². The highest BCUT2D eigenvalue weighted by Gasteiger charge is 1.75. The van der Waals surface area contributed by atoms with Crippen molar-refractivity contribution in [3.63, 3.8) is 0 Å². The monoisotopic (exact) mass is 88.1 g/mol. The van der Waals surface area contributed by atoms with Crippen molar-refractivity contribution in [2.24, 2.45) is 0 Å². The van der Waals surface area contributed by atoms with E-state index in [-0.39, 0.29) is 0 Å². The van der Waals surface area contributed by atoms with Gasteiger partial charge in [-0.25, -0.2) is 5.11 Å². The molecule has 2 nitrogen and oxygen atoms in total. The molecule has 0 fully saturated rings. The summed E-state index contributed by atoms with van der Waals surface area (Å²) < 4.78 is 4.37. The van der Waals surface area contributed by atoms with E-state index in [1.807, 2.05) is 6.92 Å². The molecule has 0 saturated heterocycles. The van der Waals surface area contributed by atoms with Crippen molar-refractivity contribution < 1.29 is 9.84 Å². The molecule has 0 aromatic rings. The van der Waals surface area contributed by atoms with E-state index in [1.54, 1.807) is 6.42 Å². The molecule has 0 amide bonds. The summed E-state index contributed by atoms with van der Waals surface area (Å²) in [7, 11) is 0. The molecule has 6 heavy (non-hydrogen) atoms. The number of ether oxygens (including phenoxy) is 1. The quantitative estimate of drug-likeness (QED) is 0.367. The molecule has 0 heterocycles. The molecule has 0 rings (SSSR count). The maximum absolute atomic E-state index is 9.45. The number of hydrogen-bond acceptors (Lipinski definition) is 1. The van der Waals surface area contributed by atoms with E-state index in [4.69, 9.17) is 0 Å². The zero-order chi connectivity index (χ0) is 4.83. The minimum Gasteiger partial charge on any atom is -0.352 e. The van der Waals surface area contributed by atoms with E-state index >= 15 is 0 Å². The molecule has 0 atom stereocenters. The average molecular weight is 88.1 g/mol. The Balaban J connectivity index is 2.34. The first-order valence-corrected chi connectivity index (χ1v) is 1.85. The Bertz CT molecular complexity index is 17.5. The number of hydrogen-bond donors (Lipinski definition) is 0. The molecule has 0 aromatic heterocycles. The van der Waals surface area contributed by atoms with Gasteiger partial charge in [-0.1, -0.05) is 6.92 Å². The summed E-state index contributed by atoms with van der Waals surface area (Å²) in [4.78, 5) is 0. The van der Waals surface area contributed by atoms with Gasteiger partial charge >= 0.3 is 0 Å². The summed E-state index contributed by atoms with van der Waals surface area (Å²) >= 11 is 0. The van der Waals surface area contributed by atoms with Gasteiger partial charge in [0.2, 0.25) is 0 Å². The standard InChI is InChI=1S/C4H8O2/c1-2-3-6-4-5/h2H,3-4H2,1H3. The highest BCUT2D eigenvalue weighted by molar-refractivity contribution is 4.48. The van der Waals surface area contributed by atoms with Crippen LogP contribution >= 0.6 is 0 Å². The van der Waals surface area contributed by atoms with Gasteiger partial charge in [-0.15, -0.1) is 0 Å². The van der Waals surface area contributed by atoms with Gasteiger partial charge < -0.3 is 4.74 Å². The molecule has 0 N–H and O–H groups in total. The largest absolute Gasteiger partial charge is 0.352 e. The Morgan fingerprint density at radius 2 is 2.50 bits per heavy atom. The molecule has 0 aliphatic carbocycles. The first-order chi connectivity index (χ1) is 2.91. The van der Waals surface area contributed by atoms with Crippen LogP contribution in [0.3, 0.4) is 0 Å².